The Bertz CT molecular complexity index is 401. The predicted octanol–water partition coefficient (Wildman–Crippen LogP) is 2.26. The van der Waals surface area contributed by atoms with Crippen molar-refractivity contribution in [3.8, 4) is 0 Å². The topological polar surface area (TPSA) is 42.0 Å². The first-order valence-corrected chi connectivity index (χ1v) is 4.84. The lowest BCUT2D eigenvalue weighted by molar-refractivity contribution is -0.124. The third kappa shape index (κ3) is 1.48. The van der Waals surface area contributed by atoms with Gasteiger partial charge in [-0.1, -0.05) is 31.5 Å². The van der Waals surface area contributed by atoms with Crippen molar-refractivity contribution in [3.05, 3.63) is 22.8 Å². The molecule has 0 radical (unpaired) electrons. The highest BCUT2D eigenvalue weighted by atomic mass is 35.5. The number of hydrogen-bond donors (Lipinski definition) is 1. The molecule has 0 aliphatic carbocycles. The van der Waals surface area contributed by atoms with E-state index in [2.05, 4.69) is 10.3 Å². The zero-order valence-corrected chi connectivity index (χ0v) is 8.85. The number of nitrogens with one attached hydrogen (secondary N) is 1. The fraction of sp³-hybridized carbons (Fsp3) is 0.400. The fourth-order valence-electron chi connectivity index (χ4n) is 1.55. The highest BCUT2D eigenvalue weighted by Crippen LogP contribution is 2.32. The SMILES string of the molecule is CC1(C)Cc2ccc(Cl)nc2NC1=O. The quantitative estimate of drug-likeness (QED) is 0.668. The van der Waals surface area contributed by atoms with Crippen LogP contribution in [0, 0.1) is 5.41 Å². The van der Waals surface area contributed by atoms with E-state index in [4.69, 9.17) is 11.6 Å². The zero-order valence-electron chi connectivity index (χ0n) is 8.10. The second-order valence-electron chi connectivity index (χ2n) is 4.16. The number of hydrogen-bond acceptors (Lipinski definition) is 2. The van der Waals surface area contributed by atoms with Gasteiger partial charge >= 0.3 is 0 Å². The Hall–Kier alpha value is -1.09. The maximum atomic E-state index is 11.6. The minimum Gasteiger partial charge on any atom is -0.310 e. The molecule has 0 fully saturated rings. The molecule has 0 saturated carbocycles. The largest absolute Gasteiger partial charge is 0.310 e. The Kier molecular flexibility index (Phi) is 2.00. The summed E-state index contributed by atoms with van der Waals surface area (Å²) in [4.78, 5) is 15.7. The molecule has 0 saturated heterocycles. The van der Waals surface area contributed by atoms with E-state index in [1.807, 2.05) is 19.9 Å². The first-order valence-electron chi connectivity index (χ1n) is 4.46. The van der Waals surface area contributed by atoms with E-state index < -0.39 is 0 Å². The average Bonchev–Trinajstić information content (AvgIpc) is 2.08. The third-order valence-electron chi connectivity index (χ3n) is 2.42. The standard InChI is InChI=1S/C10H11ClN2O/c1-10(2)5-6-3-4-7(11)12-8(6)13-9(10)14/h3-4H,5H2,1-2H3,(H,12,13,14). The summed E-state index contributed by atoms with van der Waals surface area (Å²) in [5.41, 5.74) is 0.682. The highest BCUT2D eigenvalue weighted by molar-refractivity contribution is 6.29. The van der Waals surface area contributed by atoms with Crippen LogP contribution in [0.2, 0.25) is 5.15 Å². The molecule has 1 aliphatic heterocycles. The molecule has 0 spiro atoms. The van der Waals surface area contributed by atoms with Crippen molar-refractivity contribution in [1.82, 2.24) is 4.98 Å². The van der Waals surface area contributed by atoms with Crippen LogP contribution in [0.25, 0.3) is 0 Å². The van der Waals surface area contributed by atoms with Gasteiger partial charge in [-0.25, -0.2) is 4.98 Å². The monoisotopic (exact) mass is 210 g/mol. The summed E-state index contributed by atoms with van der Waals surface area (Å²) >= 11 is 5.73. The number of rotatable bonds is 0. The molecular formula is C10H11ClN2O. The molecule has 1 amide bonds. The maximum Gasteiger partial charge on any atom is 0.231 e. The Morgan fingerprint density at radius 3 is 2.93 bits per heavy atom. The molecule has 2 rings (SSSR count). The average molecular weight is 211 g/mol. The Balaban J connectivity index is 2.46. The van der Waals surface area contributed by atoms with Crippen LogP contribution >= 0.6 is 11.6 Å². The second kappa shape index (κ2) is 2.95. The Morgan fingerprint density at radius 1 is 1.50 bits per heavy atom. The molecule has 1 aromatic heterocycles. The van der Waals surface area contributed by atoms with Crippen molar-refractivity contribution in [1.29, 1.82) is 0 Å². The molecule has 0 unspecified atom stereocenters. The number of carbonyl (C=O) groups excluding carboxylic acids is 1. The Morgan fingerprint density at radius 2 is 2.21 bits per heavy atom. The molecule has 14 heavy (non-hydrogen) atoms. The number of carbonyl (C=O) groups is 1. The van der Waals surface area contributed by atoms with Gasteiger partial charge in [0, 0.05) is 5.41 Å². The summed E-state index contributed by atoms with van der Waals surface area (Å²) in [6.45, 7) is 3.83. The van der Waals surface area contributed by atoms with E-state index in [0.29, 0.717) is 17.4 Å². The van der Waals surface area contributed by atoms with E-state index in [0.717, 1.165) is 5.56 Å². The van der Waals surface area contributed by atoms with Crippen LogP contribution in [0.3, 0.4) is 0 Å². The van der Waals surface area contributed by atoms with E-state index >= 15 is 0 Å². The van der Waals surface area contributed by atoms with Crippen molar-refractivity contribution < 1.29 is 4.79 Å². The van der Waals surface area contributed by atoms with Crippen molar-refractivity contribution in [2.75, 3.05) is 5.32 Å². The number of halogens is 1. The van der Waals surface area contributed by atoms with Crippen molar-refractivity contribution >= 4 is 23.3 Å². The minimum absolute atomic E-state index is 0.000216. The summed E-state index contributed by atoms with van der Waals surface area (Å²) in [6.07, 6.45) is 0.707. The molecule has 1 aliphatic rings. The number of pyridine rings is 1. The van der Waals surface area contributed by atoms with Gasteiger partial charge in [0.15, 0.2) is 0 Å². The lowest BCUT2D eigenvalue weighted by atomic mass is 9.82. The first kappa shape index (κ1) is 9.46. The van der Waals surface area contributed by atoms with Gasteiger partial charge in [-0.15, -0.1) is 0 Å². The number of amides is 1. The number of aromatic nitrogens is 1. The van der Waals surface area contributed by atoms with E-state index in [-0.39, 0.29) is 11.3 Å². The van der Waals surface area contributed by atoms with Crippen LogP contribution in [0.4, 0.5) is 5.82 Å². The predicted molar refractivity (Wildman–Crippen MR) is 55.4 cm³/mol. The molecule has 0 bridgehead atoms. The van der Waals surface area contributed by atoms with Gasteiger partial charge in [0.2, 0.25) is 5.91 Å². The molecule has 1 N–H and O–H groups in total. The van der Waals surface area contributed by atoms with Gasteiger partial charge in [-0.2, -0.15) is 0 Å². The fourth-order valence-corrected chi connectivity index (χ4v) is 1.70. The van der Waals surface area contributed by atoms with Crippen LogP contribution < -0.4 is 5.32 Å². The Labute approximate surface area is 87.5 Å². The molecular weight excluding hydrogens is 200 g/mol. The molecule has 1 aromatic rings. The van der Waals surface area contributed by atoms with Gasteiger partial charge in [0.25, 0.3) is 0 Å². The van der Waals surface area contributed by atoms with Crippen molar-refractivity contribution in [2.45, 2.75) is 20.3 Å². The van der Waals surface area contributed by atoms with E-state index in [9.17, 15) is 4.79 Å². The zero-order chi connectivity index (χ0) is 10.3. The van der Waals surface area contributed by atoms with Crippen LogP contribution in [-0.4, -0.2) is 10.9 Å². The van der Waals surface area contributed by atoms with Crippen molar-refractivity contribution in [2.24, 2.45) is 5.41 Å². The number of fused-ring (bicyclic) bond motifs is 1. The lowest BCUT2D eigenvalue weighted by Crippen LogP contribution is -2.37. The van der Waals surface area contributed by atoms with Gasteiger partial charge in [-0.05, 0) is 18.1 Å². The van der Waals surface area contributed by atoms with Crippen LogP contribution in [0.5, 0.6) is 0 Å². The summed E-state index contributed by atoms with van der Waals surface area (Å²) in [5, 5.41) is 3.16. The van der Waals surface area contributed by atoms with Crippen LogP contribution in [-0.2, 0) is 11.2 Å². The minimum atomic E-state index is -0.359. The molecule has 0 atom stereocenters. The van der Waals surface area contributed by atoms with Gasteiger partial charge in [0.1, 0.15) is 11.0 Å². The molecule has 2 heterocycles. The smallest absolute Gasteiger partial charge is 0.231 e. The van der Waals surface area contributed by atoms with Gasteiger partial charge < -0.3 is 5.32 Å². The highest BCUT2D eigenvalue weighted by Gasteiger charge is 2.33. The van der Waals surface area contributed by atoms with Crippen LogP contribution in [0.1, 0.15) is 19.4 Å². The maximum absolute atomic E-state index is 11.6. The van der Waals surface area contributed by atoms with Crippen molar-refractivity contribution in [3.63, 3.8) is 0 Å². The summed E-state index contributed by atoms with van der Waals surface area (Å²) in [6, 6.07) is 3.65. The molecule has 74 valence electrons. The molecule has 3 nitrogen and oxygen atoms in total. The van der Waals surface area contributed by atoms with Gasteiger partial charge in [0.05, 0.1) is 0 Å². The van der Waals surface area contributed by atoms with Crippen LogP contribution in [0.15, 0.2) is 12.1 Å². The second-order valence-corrected chi connectivity index (χ2v) is 4.54. The molecule has 0 aromatic carbocycles. The third-order valence-corrected chi connectivity index (χ3v) is 2.63. The summed E-state index contributed by atoms with van der Waals surface area (Å²) < 4.78 is 0. The molecule has 4 heteroatoms. The van der Waals surface area contributed by atoms with Gasteiger partial charge in [-0.3, -0.25) is 4.79 Å². The summed E-state index contributed by atoms with van der Waals surface area (Å²) in [5.74, 6) is 0.599. The number of nitrogens with zero attached hydrogens (tertiary/aromatic N) is 1. The first-order chi connectivity index (χ1) is 6.49. The summed E-state index contributed by atoms with van der Waals surface area (Å²) in [7, 11) is 0. The number of anilines is 1. The lowest BCUT2D eigenvalue weighted by Gasteiger charge is -2.29. The van der Waals surface area contributed by atoms with E-state index in [1.165, 1.54) is 0 Å². The van der Waals surface area contributed by atoms with E-state index in [1.54, 1.807) is 6.07 Å². The normalized spacial score (nSPS) is 18.6.